The third kappa shape index (κ3) is 1.90. The molecule has 0 bridgehead atoms. The Morgan fingerprint density at radius 3 is 2.67 bits per heavy atom. The second-order valence-electron chi connectivity index (χ2n) is 4.78. The van der Waals surface area contributed by atoms with Gasteiger partial charge in [0.2, 0.25) is 0 Å². The number of nitrogens with one attached hydrogen (secondary N) is 1. The van der Waals surface area contributed by atoms with Gasteiger partial charge in [0, 0.05) is 18.7 Å². The molecule has 1 radical (unpaired) electrons. The SMILES string of the molecule is CCCCNc1cccc2c1[CH]c1ccccc1-2. The number of fused-ring (bicyclic) bond motifs is 3. The predicted molar refractivity (Wildman–Crippen MR) is 77.8 cm³/mol. The Hall–Kier alpha value is -1.76. The van der Waals surface area contributed by atoms with Crippen molar-refractivity contribution in [2.45, 2.75) is 19.8 Å². The van der Waals surface area contributed by atoms with Crippen molar-refractivity contribution in [1.29, 1.82) is 0 Å². The van der Waals surface area contributed by atoms with Crippen LogP contribution in [0.5, 0.6) is 0 Å². The summed E-state index contributed by atoms with van der Waals surface area (Å²) in [5.74, 6) is 0. The molecule has 0 heterocycles. The van der Waals surface area contributed by atoms with E-state index in [-0.39, 0.29) is 0 Å². The summed E-state index contributed by atoms with van der Waals surface area (Å²) in [6, 6.07) is 15.1. The van der Waals surface area contributed by atoms with Gasteiger partial charge in [0.25, 0.3) is 0 Å². The van der Waals surface area contributed by atoms with E-state index in [1.54, 1.807) is 0 Å². The van der Waals surface area contributed by atoms with Crippen LogP contribution >= 0.6 is 0 Å². The number of rotatable bonds is 4. The van der Waals surface area contributed by atoms with Crippen LogP contribution in [0.25, 0.3) is 11.1 Å². The molecule has 18 heavy (non-hydrogen) atoms. The molecule has 1 aliphatic carbocycles. The maximum absolute atomic E-state index is 3.55. The predicted octanol–water partition coefficient (Wildman–Crippen LogP) is 4.48. The molecule has 0 saturated heterocycles. The molecule has 1 N–H and O–H groups in total. The van der Waals surface area contributed by atoms with Gasteiger partial charge in [-0.1, -0.05) is 49.7 Å². The van der Waals surface area contributed by atoms with Crippen molar-refractivity contribution < 1.29 is 0 Å². The lowest BCUT2D eigenvalue weighted by Gasteiger charge is -2.10. The molecule has 1 aliphatic rings. The average molecular weight is 236 g/mol. The highest BCUT2D eigenvalue weighted by Crippen LogP contribution is 2.41. The van der Waals surface area contributed by atoms with E-state index < -0.39 is 0 Å². The minimum Gasteiger partial charge on any atom is -0.385 e. The zero-order valence-corrected chi connectivity index (χ0v) is 10.7. The first-order valence-electron chi connectivity index (χ1n) is 6.71. The molecule has 0 aromatic heterocycles. The van der Waals surface area contributed by atoms with E-state index in [0.29, 0.717) is 0 Å². The Labute approximate surface area is 109 Å². The lowest BCUT2D eigenvalue weighted by Crippen LogP contribution is -2.02. The van der Waals surface area contributed by atoms with E-state index in [9.17, 15) is 0 Å². The minimum atomic E-state index is 1.05. The van der Waals surface area contributed by atoms with Crippen LogP contribution in [0.15, 0.2) is 42.5 Å². The van der Waals surface area contributed by atoms with Gasteiger partial charge in [0.05, 0.1) is 0 Å². The molecule has 0 spiro atoms. The van der Waals surface area contributed by atoms with Crippen molar-refractivity contribution in [1.82, 2.24) is 0 Å². The average Bonchev–Trinajstić information content (AvgIpc) is 2.79. The molecule has 1 nitrogen and oxygen atoms in total. The Morgan fingerprint density at radius 1 is 0.944 bits per heavy atom. The van der Waals surface area contributed by atoms with Gasteiger partial charge >= 0.3 is 0 Å². The van der Waals surface area contributed by atoms with Crippen LogP contribution in [0.4, 0.5) is 5.69 Å². The first-order chi connectivity index (χ1) is 8.90. The van der Waals surface area contributed by atoms with Gasteiger partial charge < -0.3 is 5.32 Å². The highest BCUT2D eigenvalue weighted by molar-refractivity contribution is 5.86. The summed E-state index contributed by atoms with van der Waals surface area (Å²) in [4.78, 5) is 0. The Kier molecular flexibility index (Phi) is 3.06. The molecule has 0 amide bonds. The number of hydrogen-bond acceptors (Lipinski definition) is 1. The molecule has 2 aromatic carbocycles. The topological polar surface area (TPSA) is 12.0 Å². The van der Waals surface area contributed by atoms with Crippen molar-refractivity contribution in [2.24, 2.45) is 0 Å². The van der Waals surface area contributed by atoms with E-state index in [1.807, 2.05) is 0 Å². The summed E-state index contributed by atoms with van der Waals surface area (Å²) in [6.07, 6.45) is 4.74. The normalized spacial score (nSPS) is 12.1. The fourth-order valence-electron chi connectivity index (χ4n) is 2.53. The fraction of sp³-hybridized carbons (Fsp3) is 0.235. The first-order valence-corrected chi connectivity index (χ1v) is 6.71. The second-order valence-corrected chi connectivity index (χ2v) is 4.78. The lowest BCUT2D eigenvalue weighted by molar-refractivity contribution is 0.834. The summed E-state index contributed by atoms with van der Waals surface area (Å²) in [6.45, 7) is 3.27. The highest BCUT2D eigenvalue weighted by atomic mass is 14.9. The van der Waals surface area contributed by atoms with Crippen LogP contribution in [-0.2, 0) is 0 Å². The smallest absolute Gasteiger partial charge is 0.0385 e. The maximum Gasteiger partial charge on any atom is 0.0385 e. The van der Waals surface area contributed by atoms with Gasteiger partial charge in [-0.2, -0.15) is 0 Å². The van der Waals surface area contributed by atoms with Crippen LogP contribution in [0, 0.1) is 6.42 Å². The number of hydrogen-bond donors (Lipinski definition) is 1. The van der Waals surface area contributed by atoms with Crippen molar-refractivity contribution >= 4 is 5.69 Å². The molecule has 0 fully saturated rings. The third-order valence-corrected chi connectivity index (χ3v) is 3.50. The summed E-state index contributed by atoms with van der Waals surface area (Å²) in [5.41, 5.74) is 6.64. The number of anilines is 1. The molecule has 2 aromatic rings. The lowest BCUT2D eigenvalue weighted by atomic mass is 10.0. The van der Waals surface area contributed by atoms with Crippen LogP contribution in [0.1, 0.15) is 30.9 Å². The van der Waals surface area contributed by atoms with Gasteiger partial charge in [-0.25, -0.2) is 0 Å². The largest absolute Gasteiger partial charge is 0.385 e. The van der Waals surface area contributed by atoms with E-state index >= 15 is 0 Å². The molecule has 1 heteroatoms. The zero-order valence-electron chi connectivity index (χ0n) is 10.7. The maximum atomic E-state index is 3.55. The van der Waals surface area contributed by atoms with Crippen LogP contribution in [0.2, 0.25) is 0 Å². The monoisotopic (exact) mass is 236 g/mol. The van der Waals surface area contributed by atoms with E-state index in [1.165, 1.54) is 40.8 Å². The Morgan fingerprint density at radius 2 is 1.78 bits per heavy atom. The summed E-state index contributed by atoms with van der Waals surface area (Å²) in [7, 11) is 0. The molecular formula is C17H18N. The van der Waals surface area contributed by atoms with Gasteiger partial charge in [0.15, 0.2) is 0 Å². The molecule has 0 atom stereocenters. The van der Waals surface area contributed by atoms with Crippen molar-refractivity contribution in [3.63, 3.8) is 0 Å². The molecule has 3 rings (SSSR count). The quantitative estimate of drug-likeness (QED) is 0.658. The minimum absolute atomic E-state index is 1.05. The Bertz CT molecular complexity index is 557. The van der Waals surface area contributed by atoms with E-state index in [4.69, 9.17) is 0 Å². The molecular weight excluding hydrogens is 218 g/mol. The standard InChI is InChI=1S/C17H18N/c1-2-3-11-18-17-10-6-9-15-14-8-5-4-7-13(14)12-16(15)17/h4-10,12,18H,2-3,11H2,1H3. The molecule has 91 valence electrons. The number of benzene rings is 2. The first kappa shape index (κ1) is 11.3. The van der Waals surface area contributed by atoms with E-state index in [2.05, 4.69) is 61.1 Å². The van der Waals surface area contributed by atoms with Crippen molar-refractivity contribution in [3.05, 3.63) is 60.0 Å². The van der Waals surface area contributed by atoms with Crippen molar-refractivity contribution in [3.8, 4) is 11.1 Å². The summed E-state index contributed by atoms with van der Waals surface area (Å²) >= 11 is 0. The molecule has 0 saturated carbocycles. The van der Waals surface area contributed by atoms with E-state index in [0.717, 1.165) is 6.54 Å². The van der Waals surface area contributed by atoms with Crippen LogP contribution in [0.3, 0.4) is 0 Å². The van der Waals surface area contributed by atoms with Gasteiger partial charge in [0.1, 0.15) is 0 Å². The van der Waals surface area contributed by atoms with Crippen molar-refractivity contribution in [2.75, 3.05) is 11.9 Å². The fourth-order valence-corrected chi connectivity index (χ4v) is 2.53. The second kappa shape index (κ2) is 4.85. The van der Waals surface area contributed by atoms with Crippen LogP contribution < -0.4 is 5.32 Å². The number of unbranched alkanes of at least 4 members (excludes halogenated alkanes) is 1. The zero-order chi connectivity index (χ0) is 12.4. The summed E-state index contributed by atoms with van der Waals surface area (Å²) in [5, 5.41) is 3.55. The highest BCUT2D eigenvalue weighted by Gasteiger charge is 2.20. The van der Waals surface area contributed by atoms with Gasteiger partial charge in [-0.3, -0.25) is 0 Å². The van der Waals surface area contributed by atoms with Gasteiger partial charge in [-0.05, 0) is 34.7 Å². The summed E-state index contributed by atoms with van der Waals surface area (Å²) < 4.78 is 0. The van der Waals surface area contributed by atoms with Gasteiger partial charge in [-0.15, -0.1) is 0 Å². The Balaban J connectivity index is 1.93. The molecule has 0 unspecified atom stereocenters. The third-order valence-electron chi connectivity index (χ3n) is 3.50. The molecule has 0 aliphatic heterocycles. The van der Waals surface area contributed by atoms with Crippen LogP contribution in [-0.4, -0.2) is 6.54 Å².